The van der Waals surface area contributed by atoms with Crippen LogP contribution in [0, 0.1) is 0 Å². The van der Waals surface area contributed by atoms with Gasteiger partial charge >= 0.3 is 5.97 Å². The van der Waals surface area contributed by atoms with E-state index in [-0.39, 0.29) is 30.8 Å². The van der Waals surface area contributed by atoms with Crippen molar-refractivity contribution in [1.82, 2.24) is 4.90 Å². The van der Waals surface area contributed by atoms with E-state index in [2.05, 4.69) is 6.08 Å². The van der Waals surface area contributed by atoms with E-state index in [4.69, 9.17) is 18.9 Å². The maximum Gasteiger partial charge on any atom is 0.303 e. The Bertz CT molecular complexity index is 849. The van der Waals surface area contributed by atoms with Gasteiger partial charge in [0.15, 0.2) is 11.5 Å². The molecule has 0 spiro atoms. The predicted molar refractivity (Wildman–Crippen MR) is 89.2 cm³/mol. The van der Waals surface area contributed by atoms with Gasteiger partial charge in [-0.25, -0.2) is 0 Å². The number of carbonyl (C=O) groups excluding carboxylic acids is 2. The molecule has 1 amide bonds. The molecule has 5 rings (SSSR count). The van der Waals surface area contributed by atoms with Crippen LogP contribution in [0.4, 0.5) is 0 Å². The molecule has 0 radical (unpaired) electrons. The summed E-state index contributed by atoms with van der Waals surface area (Å²) in [5.74, 6) is 0.771. The first kappa shape index (κ1) is 15.7. The predicted octanol–water partition coefficient (Wildman–Crippen LogP) is 1.40. The van der Waals surface area contributed by atoms with Crippen molar-refractivity contribution in [2.24, 2.45) is 0 Å². The summed E-state index contributed by atoms with van der Waals surface area (Å²) in [6, 6.07) is 3.50. The van der Waals surface area contributed by atoms with Gasteiger partial charge in [-0.2, -0.15) is 0 Å². The second kappa shape index (κ2) is 5.23. The number of ether oxygens (including phenoxy) is 4. The fourth-order valence-electron chi connectivity index (χ4n) is 4.84. The Morgan fingerprint density at radius 2 is 2.08 bits per heavy atom. The molecule has 4 atom stereocenters. The second-order valence-corrected chi connectivity index (χ2v) is 7.12. The highest BCUT2D eigenvalue weighted by atomic mass is 16.7. The minimum atomic E-state index is -0.592. The first-order chi connectivity index (χ1) is 12.5. The number of fused-ring (bicyclic) bond motifs is 2. The minimum absolute atomic E-state index is 0.0706. The van der Waals surface area contributed by atoms with Crippen LogP contribution in [0.15, 0.2) is 24.3 Å². The van der Waals surface area contributed by atoms with Gasteiger partial charge in [0.25, 0.3) is 5.91 Å². The van der Waals surface area contributed by atoms with Crippen LogP contribution in [0.25, 0.3) is 0 Å². The summed E-state index contributed by atoms with van der Waals surface area (Å²) in [6.45, 7) is 1.91. The normalized spacial score (nSPS) is 33.1. The lowest BCUT2D eigenvalue weighted by molar-refractivity contribution is -0.147. The minimum Gasteiger partial charge on any atom is -0.459 e. The molecular weight excluding hydrogens is 338 g/mol. The molecule has 0 aromatic heterocycles. The monoisotopic (exact) mass is 357 g/mol. The Hall–Kier alpha value is -2.54. The summed E-state index contributed by atoms with van der Waals surface area (Å²) in [5, 5.41) is 0. The largest absolute Gasteiger partial charge is 0.459 e. The van der Waals surface area contributed by atoms with E-state index < -0.39 is 11.5 Å². The van der Waals surface area contributed by atoms with Gasteiger partial charge in [-0.1, -0.05) is 12.2 Å². The van der Waals surface area contributed by atoms with Gasteiger partial charge in [0.05, 0.1) is 24.1 Å². The average molecular weight is 357 g/mol. The van der Waals surface area contributed by atoms with Crippen LogP contribution in [0.1, 0.15) is 29.3 Å². The highest BCUT2D eigenvalue weighted by molar-refractivity contribution is 6.00. The molecule has 2 bridgehead atoms. The van der Waals surface area contributed by atoms with E-state index in [1.807, 2.05) is 17.0 Å². The second-order valence-electron chi connectivity index (χ2n) is 7.12. The van der Waals surface area contributed by atoms with Crippen molar-refractivity contribution in [1.29, 1.82) is 0 Å². The summed E-state index contributed by atoms with van der Waals surface area (Å²) in [7, 11) is 1.66. The van der Waals surface area contributed by atoms with Crippen LogP contribution in [0.2, 0.25) is 0 Å². The molecular formula is C19H19NO6. The zero-order chi connectivity index (χ0) is 18.1. The lowest BCUT2D eigenvalue weighted by Crippen LogP contribution is -2.54. The number of carbonyl (C=O) groups is 2. The lowest BCUT2D eigenvalue weighted by atomic mass is 9.65. The van der Waals surface area contributed by atoms with E-state index in [1.165, 1.54) is 6.92 Å². The van der Waals surface area contributed by atoms with Gasteiger partial charge in [-0.15, -0.1) is 0 Å². The van der Waals surface area contributed by atoms with Gasteiger partial charge in [0, 0.05) is 19.6 Å². The molecule has 3 heterocycles. The van der Waals surface area contributed by atoms with Crippen LogP contribution in [0.5, 0.6) is 11.5 Å². The Morgan fingerprint density at radius 1 is 1.31 bits per heavy atom. The van der Waals surface area contributed by atoms with Crippen molar-refractivity contribution in [3.8, 4) is 11.5 Å². The molecule has 26 heavy (non-hydrogen) atoms. The van der Waals surface area contributed by atoms with Crippen LogP contribution in [0.3, 0.4) is 0 Å². The number of esters is 1. The molecule has 0 saturated carbocycles. The van der Waals surface area contributed by atoms with Crippen molar-refractivity contribution in [2.45, 2.75) is 37.0 Å². The van der Waals surface area contributed by atoms with Gasteiger partial charge in [0.2, 0.25) is 6.79 Å². The van der Waals surface area contributed by atoms with Crippen LogP contribution in [-0.2, 0) is 19.7 Å². The van der Waals surface area contributed by atoms with Crippen molar-refractivity contribution in [3.63, 3.8) is 0 Å². The standard InChI is InChI=1S/C19H19NO6/c1-10(21)26-17-8-20-16-5-11(23-2)3-4-19(16,17)13-7-15-14(24-9-25-15)6-12(13)18(20)22/h3-4,6-7,11,16-17H,5,8-9H2,1-2H3/t11?,16-,17?,19-/m1/s1. The van der Waals surface area contributed by atoms with E-state index in [1.54, 1.807) is 13.2 Å². The maximum absolute atomic E-state index is 13.2. The van der Waals surface area contributed by atoms with Crippen LogP contribution >= 0.6 is 0 Å². The van der Waals surface area contributed by atoms with Crippen LogP contribution in [-0.4, -0.2) is 55.5 Å². The molecule has 1 aromatic carbocycles. The highest BCUT2D eigenvalue weighted by Gasteiger charge is 2.63. The zero-order valence-corrected chi connectivity index (χ0v) is 14.6. The Kier molecular flexibility index (Phi) is 3.16. The van der Waals surface area contributed by atoms with E-state index in [0.29, 0.717) is 30.0 Å². The first-order valence-electron chi connectivity index (χ1n) is 8.69. The van der Waals surface area contributed by atoms with Gasteiger partial charge in [-0.3, -0.25) is 9.59 Å². The quantitative estimate of drug-likeness (QED) is 0.588. The molecule has 7 nitrogen and oxygen atoms in total. The summed E-state index contributed by atoms with van der Waals surface area (Å²) < 4.78 is 22.2. The number of hydrogen-bond acceptors (Lipinski definition) is 6. The van der Waals surface area contributed by atoms with Gasteiger partial charge in [0.1, 0.15) is 6.10 Å². The topological polar surface area (TPSA) is 74.3 Å². The average Bonchev–Trinajstić information content (AvgIpc) is 3.19. The highest BCUT2D eigenvalue weighted by Crippen LogP contribution is 2.54. The fourth-order valence-corrected chi connectivity index (χ4v) is 4.84. The summed E-state index contributed by atoms with van der Waals surface area (Å²) in [6.07, 6.45) is 4.20. The summed E-state index contributed by atoms with van der Waals surface area (Å²) in [5.41, 5.74) is 0.827. The third-order valence-electron chi connectivity index (χ3n) is 5.95. The van der Waals surface area contributed by atoms with E-state index in [9.17, 15) is 9.59 Å². The molecule has 136 valence electrons. The maximum atomic E-state index is 13.2. The molecule has 1 fully saturated rings. The number of nitrogens with zero attached hydrogens (tertiary/aromatic N) is 1. The third-order valence-corrected chi connectivity index (χ3v) is 5.95. The molecule has 1 aliphatic carbocycles. The number of benzene rings is 1. The van der Waals surface area contributed by atoms with E-state index >= 15 is 0 Å². The molecule has 0 N–H and O–H groups in total. The number of amides is 1. The summed E-state index contributed by atoms with van der Waals surface area (Å²) >= 11 is 0. The number of hydrogen-bond donors (Lipinski definition) is 0. The third kappa shape index (κ3) is 1.86. The molecule has 1 aromatic rings. The Morgan fingerprint density at radius 3 is 2.81 bits per heavy atom. The zero-order valence-electron chi connectivity index (χ0n) is 14.6. The van der Waals surface area contributed by atoms with Crippen molar-refractivity contribution in [2.75, 3.05) is 20.4 Å². The molecule has 1 saturated heterocycles. The van der Waals surface area contributed by atoms with Gasteiger partial charge < -0.3 is 23.8 Å². The molecule has 3 aliphatic heterocycles. The molecule has 7 heteroatoms. The van der Waals surface area contributed by atoms with Crippen molar-refractivity contribution >= 4 is 11.9 Å². The van der Waals surface area contributed by atoms with Crippen molar-refractivity contribution in [3.05, 3.63) is 35.4 Å². The Balaban J connectivity index is 1.74. The summed E-state index contributed by atoms with van der Waals surface area (Å²) in [4.78, 5) is 26.7. The lowest BCUT2D eigenvalue weighted by Gasteiger charge is -2.46. The molecule has 4 aliphatic rings. The SMILES string of the molecule is COC1C=C[C@]23c4cc5c(cc4C(=O)N(CC2OC(C)=O)[C@@H]3C1)OCO5. The van der Waals surface area contributed by atoms with E-state index in [0.717, 1.165) is 5.56 Å². The number of methoxy groups -OCH3 is 1. The first-order valence-corrected chi connectivity index (χ1v) is 8.69. The molecule has 2 unspecified atom stereocenters. The smallest absolute Gasteiger partial charge is 0.303 e. The fraction of sp³-hybridized carbons (Fsp3) is 0.474. The van der Waals surface area contributed by atoms with Crippen LogP contribution < -0.4 is 9.47 Å². The van der Waals surface area contributed by atoms with Gasteiger partial charge in [-0.05, 0) is 24.1 Å². The Labute approximate surface area is 150 Å². The van der Waals surface area contributed by atoms with Crippen molar-refractivity contribution < 1.29 is 28.5 Å². The number of rotatable bonds is 2.